The number of ether oxygens (including phenoxy) is 4. The van der Waals surface area contributed by atoms with E-state index >= 15 is 0 Å². The van der Waals surface area contributed by atoms with Crippen LogP contribution < -0.4 is 24.3 Å². The van der Waals surface area contributed by atoms with E-state index in [0.29, 0.717) is 41.0 Å². The summed E-state index contributed by atoms with van der Waals surface area (Å²) in [4.78, 5) is 18.4. The minimum absolute atomic E-state index is 0.0830. The number of hydrogen-bond donors (Lipinski definition) is 1. The number of nitrogens with zero attached hydrogens (tertiary/aromatic N) is 3. The summed E-state index contributed by atoms with van der Waals surface area (Å²) in [6.45, 7) is 4.21. The Balaban J connectivity index is 1.70. The molecule has 0 saturated heterocycles. The first-order valence-corrected chi connectivity index (χ1v) is 11.7. The van der Waals surface area contributed by atoms with Gasteiger partial charge in [-0.15, -0.1) is 5.10 Å². The molecule has 1 atom stereocenters. The first-order chi connectivity index (χ1) is 17.3. The van der Waals surface area contributed by atoms with Crippen LogP contribution in [0.4, 0.5) is 5.95 Å². The topological polar surface area (TPSA) is 96.7 Å². The third-order valence-electron chi connectivity index (χ3n) is 6.68. The first kappa shape index (κ1) is 23.7. The number of Topliss-reactive ketones (excluding diaryl/α,β-unsaturated/α-hetero) is 1. The van der Waals surface area contributed by atoms with Gasteiger partial charge in [0.05, 0.1) is 28.4 Å². The number of methoxy groups -OCH3 is 4. The van der Waals surface area contributed by atoms with E-state index in [1.54, 1.807) is 33.1 Å². The molecule has 3 aromatic rings. The number of aromatic nitrogens is 3. The van der Waals surface area contributed by atoms with E-state index in [-0.39, 0.29) is 11.2 Å². The molecule has 1 unspecified atom stereocenters. The van der Waals surface area contributed by atoms with Gasteiger partial charge >= 0.3 is 0 Å². The van der Waals surface area contributed by atoms with Crippen molar-refractivity contribution in [1.82, 2.24) is 14.8 Å². The summed E-state index contributed by atoms with van der Waals surface area (Å²) in [6.07, 6.45) is 1.17. The van der Waals surface area contributed by atoms with E-state index in [2.05, 4.69) is 19.2 Å². The summed E-state index contributed by atoms with van der Waals surface area (Å²) in [5.74, 6) is 3.45. The van der Waals surface area contributed by atoms with Gasteiger partial charge in [-0.25, -0.2) is 4.68 Å². The molecule has 188 valence electrons. The van der Waals surface area contributed by atoms with Gasteiger partial charge in [-0.2, -0.15) is 4.98 Å². The quantitative estimate of drug-likeness (QED) is 0.534. The molecule has 2 heterocycles. The molecular formula is C27H30N4O5. The monoisotopic (exact) mass is 490 g/mol. The minimum atomic E-state index is -0.506. The molecular weight excluding hydrogens is 460 g/mol. The van der Waals surface area contributed by atoms with Gasteiger partial charge in [-0.05, 0) is 53.8 Å². The Kier molecular flexibility index (Phi) is 5.86. The Morgan fingerprint density at radius 2 is 1.61 bits per heavy atom. The smallest absolute Gasteiger partial charge is 0.226 e. The third kappa shape index (κ3) is 3.94. The summed E-state index contributed by atoms with van der Waals surface area (Å²) in [5.41, 5.74) is 3.02. The summed E-state index contributed by atoms with van der Waals surface area (Å²) in [7, 11) is 6.34. The molecule has 2 aliphatic rings. The van der Waals surface area contributed by atoms with Gasteiger partial charge in [0.25, 0.3) is 0 Å². The van der Waals surface area contributed by atoms with E-state index in [0.717, 1.165) is 29.0 Å². The largest absolute Gasteiger partial charge is 0.497 e. The maximum atomic E-state index is 13.6. The summed E-state index contributed by atoms with van der Waals surface area (Å²) in [6, 6.07) is 10.8. The number of hydrogen-bond acceptors (Lipinski definition) is 8. The highest BCUT2D eigenvalue weighted by Crippen LogP contribution is 2.48. The highest BCUT2D eigenvalue weighted by atomic mass is 16.5. The zero-order valence-corrected chi connectivity index (χ0v) is 21.3. The number of benzene rings is 2. The van der Waals surface area contributed by atoms with Gasteiger partial charge in [0.2, 0.25) is 11.7 Å². The molecule has 1 aliphatic carbocycles. The van der Waals surface area contributed by atoms with Crippen LogP contribution in [0.1, 0.15) is 38.3 Å². The maximum Gasteiger partial charge on any atom is 0.226 e. The Labute approximate surface area is 210 Å². The van der Waals surface area contributed by atoms with Gasteiger partial charge in [0, 0.05) is 23.3 Å². The molecule has 1 aliphatic heterocycles. The van der Waals surface area contributed by atoms with Crippen LogP contribution in [0.5, 0.6) is 23.0 Å². The van der Waals surface area contributed by atoms with Gasteiger partial charge in [-0.1, -0.05) is 13.8 Å². The summed E-state index contributed by atoms with van der Waals surface area (Å²) >= 11 is 0. The molecule has 0 amide bonds. The van der Waals surface area contributed by atoms with E-state index in [4.69, 9.17) is 29.0 Å². The van der Waals surface area contributed by atoms with Crippen LogP contribution in [0.3, 0.4) is 0 Å². The molecule has 1 N–H and O–H groups in total. The highest BCUT2D eigenvalue weighted by Gasteiger charge is 2.42. The molecule has 0 bridgehead atoms. The fourth-order valence-corrected chi connectivity index (χ4v) is 5.04. The SMILES string of the molecule is COc1ccc(-c2nc3n(n2)C(c2cc(OC)c(OC)c(OC)c2)C2=C(CC(C)(C)CC2=O)N3)cc1. The van der Waals surface area contributed by atoms with Crippen molar-refractivity contribution >= 4 is 11.7 Å². The van der Waals surface area contributed by atoms with Crippen molar-refractivity contribution in [1.29, 1.82) is 0 Å². The first-order valence-electron chi connectivity index (χ1n) is 11.7. The van der Waals surface area contributed by atoms with E-state index in [9.17, 15) is 4.79 Å². The zero-order valence-electron chi connectivity index (χ0n) is 21.3. The molecule has 0 spiro atoms. The Bertz CT molecular complexity index is 1330. The number of fused-ring (bicyclic) bond motifs is 1. The molecule has 1 aromatic heterocycles. The van der Waals surface area contributed by atoms with Crippen LogP contribution in [0, 0.1) is 5.41 Å². The van der Waals surface area contributed by atoms with Crippen molar-refractivity contribution in [2.24, 2.45) is 5.41 Å². The van der Waals surface area contributed by atoms with E-state index in [1.807, 2.05) is 36.4 Å². The maximum absolute atomic E-state index is 13.6. The Morgan fingerprint density at radius 3 is 2.19 bits per heavy atom. The lowest BCUT2D eigenvalue weighted by atomic mass is 9.73. The Hall–Kier alpha value is -4.01. The summed E-state index contributed by atoms with van der Waals surface area (Å²) < 4.78 is 23.8. The highest BCUT2D eigenvalue weighted by molar-refractivity contribution is 6.00. The number of anilines is 1. The summed E-state index contributed by atoms with van der Waals surface area (Å²) in [5, 5.41) is 8.27. The van der Waals surface area contributed by atoms with Gasteiger partial charge in [0.1, 0.15) is 11.8 Å². The molecule has 2 aromatic carbocycles. The second kappa shape index (κ2) is 8.89. The standard InChI is InChI=1S/C27H30N4O5/c1-27(2)13-18-22(19(32)14-27)23(16-11-20(34-4)24(36-6)21(12-16)35-5)31-26(28-18)29-25(30-31)15-7-9-17(33-3)10-8-15/h7-12,23H,13-14H2,1-6H3,(H,28,29,30). The second-order valence-corrected chi connectivity index (χ2v) is 9.75. The number of carbonyl (C=O) groups is 1. The lowest BCUT2D eigenvalue weighted by Crippen LogP contribution is -2.36. The van der Waals surface area contributed by atoms with Crippen molar-refractivity contribution in [2.75, 3.05) is 33.8 Å². The average molecular weight is 491 g/mol. The van der Waals surface area contributed by atoms with Crippen molar-refractivity contribution in [3.63, 3.8) is 0 Å². The van der Waals surface area contributed by atoms with Crippen LogP contribution in [0.15, 0.2) is 47.7 Å². The number of carbonyl (C=O) groups excluding carboxylic acids is 1. The fraction of sp³-hybridized carbons (Fsp3) is 0.370. The van der Waals surface area contributed by atoms with Gasteiger partial charge in [0.15, 0.2) is 23.1 Å². The molecule has 0 saturated carbocycles. The number of allylic oxidation sites excluding steroid dienone is 2. The van der Waals surface area contributed by atoms with Crippen LogP contribution in [-0.4, -0.2) is 49.0 Å². The van der Waals surface area contributed by atoms with Crippen LogP contribution in [0.25, 0.3) is 11.4 Å². The van der Waals surface area contributed by atoms with Gasteiger partial charge in [-0.3, -0.25) is 4.79 Å². The minimum Gasteiger partial charge on any atom is -0.497 e. The predicted octanol–water partition coefficient (Wildman–Crippen LogP) is 4.64. The van der Waals surface area contributed by atoms with Crippen molar-refractivity contribution in [3.8, 4) is 34.4 Å². The predicted molar refractivity (Wildman–Crippen MR) is 135 cm³/mol. The molecule has 0 fully saturated rings. The molecule has 0 radical (unpaired) electrons. The Morgan fingerprint density at radius 1 is 0.944 bits per heavy atom. The number of nitrogens with one attached hydrogen (secondary N) is 1. The lowest BCUT2D eigenvalue weighted by Gasteiger charge is -2.38. The third-order valence-corrected chi connectivity index (χ3v) is 6.68. The molecule has 9 heteroatoms. The van der Waals surface area contributed by atoms with Gasteiger partial charge < -0.3 is 24.3 Å². The van der Waals surface area contributed by atoms with Crippen LogP contribution >= 0.6 is 0 Å². The number of rotatable bonds is 6. The number of ketones is 1. The molecule has 9 nitrogen and oxygen atoms in total. The second-order valence-electron chi connectivity index (χ2n) is 9.75. The lowest BCUT2D eigenvalue weighted by molar-refractivity contribution is -0.118. The van der Waals surface area contributed by atoms with Crippen molar-refractivity contribution < 1.29 is 23.7 Å². The zero-order chi connectivity index (χ0) is 25.6. The molecule has 5 rings (SSSR count). The fourth-order valence-electron chi connectivity index (χ4n) is 5.04. The van der Waals surface area contributed by atoms with Crippen molar-refractivity contribution in [2.45, 2.75) is 32.7 Å². The van der Waals surface area contributed by atoms with Crippen LogP contribution in [0.2, 0.25) is 0 Å². The average Bonchev–Trinajstić information content (AvgIpc) is 3.29. The van der Waals surface area contributed by atoms with E-state index < -0.39 is 6.04 Å². The van der Waals surface area contributed by atoms with Crippen LogP contribution in [-0.2, 0) is 4.79 Å². The van der Waals surface area contributed by atoms with E-state index in [1.165, 1.54) is 0 Å². The normalized spacial score (nSPS) is 18.2. The molecule has 36 heavy (non-hydrogen) atoms. The van der Waals surface area contributed by atoms with Crippen molar-refractivity contribution in [3.05, 3.63) is 53.2 Å².